The molecule has 4 heteroatoms. The SMILES string of the molecule is COc1ccc(Br)c(CC2(O)CC2)c1O. The van der Waals surface area contributed by atoms with Gasteiger partial charge in [-0.1, -0.05) is 15.9 Å². The maximum Gasteiger partial charge on any atom is 0.162 e. The van der Waals surface area contributed by atoms with E-state index in [-0.39, 0.29) is 5.75 Å². The van der Waals surface area contributed by atoms with Crippen LogP contribution >= 0.6 is 15.9 Å². The Morgan fingerprint density at radius 1 is 1.47 bits per heavy atom. The highest BCUT2D eigenvalue weighted by Gasteiger charge is 2.41. The minimum absolute atomic E-state index is 0.118. The van der Waals surface area contributed by atoms with Crippen molar-refractivity contribution >= 4 is 15.9 Å². The van der Waals surface area contributed by atoms with Crippen LogP contribution in [-0.2, 0) is 6.42 Å². The van der Waals surface area contributed by atoms with Gasteiger partial charge < -0.3 is 14.9 Å². The summed E-state index contributed by atoms with van der Waals surface area (Å²) in [5.74, 6) is 0.560. The fraction of sp³-hybridized carbons (Fsp3) is 0.455. The van der Waals surface area contributed by atoms with Gasteiger partial charge in [0.1, 0.15) is 0 Å². The van der Waals surface area contributed by atoms with Crippen molar-refractivity contribution in [2.45, 2.75) is 24.9 Å². The molecule has 1 aromatic carbocycles. The number of ether oxygens (including phenoxy) is 1. The maximum atomic E-state index is 9.89. The van der Waals surface area contributed by atoms with Crippen molar-refractivity contribution < 1.29 is 14.9 Å². The summed E-state index contributed by atoms with van der Waals surface area (Å²) in [5.41, 5.74) is 0.0983. The molecule has 0 aliphatic heterocycles. The van der Waals surface area contributed by atoms with Gasteiger partial charge in [0, 0.05) is 16.5 Å². The first-order valence-electron chi connectivity index (χ1n) is 4.82. The van der Waals surface area contributed by atoms with Gasteiger partial charge in [-0.05, 0) is 25.0 Å². The minimum atomic E-state index is -0.619. The fourth-order valence-electron chi connectivity index (χ4n) is 1.57. The lowest BCUT2D eigenvalue weighted by atomic mass is 10.1. The van der Waals surface area contributed by atoms with Crippen LogP contribution in [0.3, 0.4) is 0 Å². The quantitative estimate of drug-likeness (QED) is 0.887. The third-order valence-corrected chi connectivity index (χ3v) is 3.48. The standard InChI is InChI=1S/C11H13BrO3/c1-15-9-3-2-8(12)7(10(9)13)6-11(14)4-5-11/h2-3,13-14H,4-6H2,1H3. The smallest absolute Gasteiger partial charge is 0.162 e. The van der Waals surface area contributed by atoms with Crippen LogP contribution < -0.4 is 4.74 Å². The van der Waals surface area contributed by atoms with E-state index in [1.807, 2.05) is 6.07 Å². The molecule has 0 bridgehead atoms. The molecule has 3 nitrogen and oxygen atoms in total. The monoisotopic (exact) mass is 272 g/mol. The Hall–Kier alpha value is -0.740. The molecule has 2 rings (SSSR count). The third-order valence-electron chi connectivity index (χ3n) is 2.74. The molecule has 0 aromatic heterocycles. The third kappa shape index (κ3) is 2.11. The average Bonchev–Trinajstić information content (AvgIpc) is 2.92. The molecule has 0 radical (unpaired) electrons. The largest absolute Gasteiger partial charge is 0.504 e. The van der Waals surface area contributed by atoms with Crippen LogP contribution in [0, 0.1) is 0 Å². The summed E-state index contributed by atoms with van der Waals surface area (Å²) in [6.07, 6.45) is 2.07. The van der Waals surface area contributed by atoms with Crippen molar-refractivity contribution in [2.24, 2.45) is 0 Å². The van der Waals surface area contributed by atoms with Gasteiger partial charge in [0.25, 0.3) is 0 Å². The maximum absolute atomic E-state index is 9.89. The average molecular weight is 273 g/mol. The number of benzene rings is 1. The van der Waals surface area contributed by atoms with Crippen LogP contribution in [0.1, 0.15) is 18.4 Å². The number of hydrogen-bond donors (Lipinski definition) is 2. The molecule has 0 heterocycles. The molecule has 1 aliphatic carbocycles. The van der Waals surface area contributed by atoms with Crippen molar-refractivity contribution in [3.8, 4) is 11.5 Å². The van der Waals surface area contributed by atoms with E-state index in [9.17, 15) is 10.2 Å². The molecule has 0 atom stereocenters. The van der Waals surface area contributed by atoms with Gasteiger partial charge in [0.05, 0.1) is 12.7 Å². The number of hydrogen-bond acceptors (Lipinski definition) is 3. The van der Waals surface area contributed by atoms with Crippen LogP contribution in [0.5, 0.6) is 11.5 Å². The van der Waals surface area contributed by atoms with E-state index in [0.29, 0.717) is 17.7 Å². The molecule has 82 valence electrons. The number of aliphatic hydroxyl groups is 1. The van der Waals surface area contributed by atoms with Gasteiger partial charge >= 0.3 is 0 Å². The topological polar surface area (TPSA) is 49.7 Å². The van der Waals surface area contributed by atoms with Crippen LogP contribution in [0.2, 0.25) is 0 Å². The molecule has 2 N–H and O–H groups in total. The van der Waals surface area contributed by atoms with E-state index >= 15 is 0 Å². The molecule has 0 amide bonds. The van der Waals surface area contributed by atoms with Crippen molar-refractivity contribution in [3.63, 3.8) is 0 Å². The minimum Gasteiger partial charge on any atom is -0.504 e. The van der Waals surface area contributed by atoms with Gasteiger partial charge in [-0.15, -0.1) is 0 Å². The molecule has 1 fully saturated rings. The Labute approximate surface area is 96.8 Å². The molecule has 0 spiro atoms. The first kappa shape index (κ1) is 10.8. The molecule has 0 unspecified atom stereocenters. The lowest BCUT2D eigenvalue weighted by Crippen LogP contribution is -2.11. The number of halogens is 1. The Kier molecular flexibility index (Phi) is 2.64. The summed E-state index contributed by atoms with van der Waals surface area (Å²) in [4.78, 5) is 0. The second-order valence-electron chi connectivity index (χ2n) is 3.98. The van der Waals surface area contributed by atoms with Crippen LogP contribution in [0.4, 0.5) is 0 Å². The van der Waals surface area contributed by atoms with Crippen molar-refractivity contribution in [1.29, 1.82) is 0 Å². The zero-order chi connectivity index (χ0) is 11.1. The van der Waals surface area contributed by atoms with Crippen molar-refractivity contribution in [3.05, 3.63) is 22.2 Å². The van der Waals surface area contributed by atoms with Gasteiger partial charge in [0.15, 0.2) is 11.5 Å². The number of rotatable bonds is 3. The zero-order valence-corrected chi connectivity index (χ0v) is 10.0. The fourth-order valence-corrected chi connectivity index (χ4v) is 2.03. The summed E-state index contributed by atoms with van der Waals surface area (Å²) < 4.78 is 5.83. The van der Waals surface area contributed by atoms with E-state index in [0.717, 1.165) is 17.3 Å². The Morgan fingerprint density at radius 2 is 2.13 bits per heavy atom. The summed E-state index contributed by atoms with van der Waals surface area (Å²) in [6, 6.07) is 3.51. The first-order chi connectivity index (χ1) is 7.06. The molecular weight excluding hydrogens is 260 g/mol. The zero-order valence-electron chi connectivity index (χ0n) is 8.46. The molecule has 1 saturated carbocycles. The van der Waals surface area contributed by atoms with Gasteiger partial charge in [-0.3, -0.25) is 0 Å². The molecule has 1 aromatic rings. The highest BCUT2D eigenvalue weighted by atomic mass is 79.9. The van der Waals surface area contributed by atoms with Crippen LogP contribution in [0.25, 0.3) is 0 Å². The number of phenolic OH excluding ortho intramolecular Hbond substituents is 1. The molecule has 0 saturated heterocycles. The summed E-state index contributed by atoms with van der Waals surface area (Å²) >= 11 is 3.36. The second kappa shape index (κ2) is 3.68. The van der Waals surface area contributed by atoms with Crippen molar-refractivity contribution in [2.75, 3.05) is 7.11 Å². The van der Waals surface area contributed by atoms with E-state index in [4.69, 9.17) is 4.74 Å². The Bertz CT molecular complexity index is 386. The van der Waals surface area contributed by atoms with Gasteiger partial charge in [-0.2, -0.15) is 0 Å². The number of aromatic hydroxyl groups is 1. The Balaban J connectivity index is 2.35. The van der Waals surface area contributed by atoms with E-state index in [1.165, 1.54) is 7.11 Å². The molecule has 15 heavy (non-hydrogen) atoms. The predicted octanol–water partition coefficient (Wildman–Crippen LogP) is 2.23. The van der Waals surface area contributed by atoms with E-state index in [2.05, 4.69) is 15.9 Å². The van der Waals surface area contributed by atoms with Gasteiger partial charge in [-0.25, -0.2) is 0 Å². The molecule has 1 aliphatic rings. The lowest BCUT2D eigenvalue weighted by molar-refractivity contribution is 0.149. The van der Waals surface area contributed by atoms with Gasteiger partial charge in [0.2, 0.25) is 0 Å². The van der Waals surface area contributed by atoms with E-state index in [1.54, 1.807) is 6.07 Å². The summed E-state index contributed by atoms with van der Waals surface area (Å²) in [5, 5.41) is 19.7. The molecular formula is C11H13BrO3. The summed E-state index contributed by atoms with van der Waals surface area (Å²) in [6.45, 7) is 0. The number of methoxy groups -OCH3 is 1. The number of phenols is 1. The normalized spacial score (nSPS) is 17.5. The van der Waals surface area contributed by atoms with Crippen LogP contribution in [-0.4, -0.2) is 22.9 Å². The van der Waals surface area contributed by atoms with Crippen molar-refractivity contribution in [1.82, 2.24) is 0 Å². The second-order valence-corrected chi connectivity index (χ2v) is 4.83. The predicted molar refractivity (Wildman–Crippen MR) is 60.2 cm³/mol. The van der Waals surface area contributed by atoms with E-state index < -0.39 is 5.60 Å². The summed E-state index contributed by atoms with van der Waals surface area (Å²) in [7, 11) is 1.51. The van der Waals surface area contributed by atoms with Crippen LogP contribution in [0.15, 0.2) is 16.6 Å². The highest BCUT2D eigenvalue weighted by molar-refractivity contribution is 9.10. The Morgan fingerprint density at radius 3 is 2.67 bits per heavy atom. The first-order valence-corrected chi connectivity index (χ1v) is 5.62. The highest BCUT2D eigenvalue weighted by Crippen LogP contribution is 2.44. The lowest BCUT2D eigenvalue weighted by Gasteiger charge is -2.13.